The number of thiophene rings is 1. The topological polar surface area (TPSA) is 69.4 Å². The third kappa shape index (κ3) is 2.71. The molecule has 1 aliphatic rings. The van der Waals surface area contributed by atoms with Crippen LogP contribution in [0, 0.1) is 0 Å². The lowest BCUT2D eigenvalue weighted by Crippen LogP contribution is -2.22. The molecular formula is C20H16N4O2S. The molecule has 1 aromatic carbocycles. The monoisotopic (exact) mass is 376 g/mol. The second kappa shape index (κ2) is 6.28. The van der Waals surface area contributed by atoms with Gasteiger partial charge in [-0.3, -0.25) is 4.79 Å². The zero-order valence-electron chi connectivity index (χ0n) is 14.6. The highest BCUT2D eigenvalue weighted by Gasteiger charge is 2.29. The van der Waals surface area contributed by atoms with Gasteiger partial charge in [0.05, 0.1) is 23.2 Å². The maximum absolute atomic E-state index is 12.7. The van der Waals surface area contributed by atoms with E-state index < -0.39 is 0 Å². The normalized spacial score (nSPS) is 16.5. The Morgan fingerprint density at radius 2 is 2.04 bits per heavy atom. The van der Waals surface area contributed by atoms with Crippen molar-refractivity contribution in [2.75, 3.05) is 7.11 Å². The van der Waals surface area contributed by atoms with Gasteiger partial charge in [0.1, 0.15) is 5.75 Å². The second-order valence-corrected chi connectivity index (χ2v) is 7.49. The van der Waals surface area contributed by atoms with Crippen LogP contribution in [0.5, 0.6) is 5.75 Å². The quantitative estimate of drug-likeness (QED) is 0.544. The van der Waals surface area contributed by atoms with Gasteiger partial charge in [0.15, 0.2) is 11.6 Å². The fourth-order valence-electron chi connectivity index (χ4n) is 3.57. The minimum atomic E-state index is 0.0969. The summed E-state index contributed by atoms with van der Waals surface area (Å²) in [5.41, 5.74) is 2.65. The lowest BCUT2D eigenvalue weighted by atomic mass is 9.82. The molecule has 0 N–H and O–H groups in total. The highest BCUT2D eigenvalue weighted by atomic mass is 32.1. The molecule has 4 aromatic rings. The first-order valence-electron chi connectivity index (χ1n) is 8.68. The lowest BCUT2D eigenvalue weighted by Gasteiger charge is -2.24. The van der Waals surface area contributed by atoms with Crippen molar-refractivity contribution in [2.24, 2.45) is 0 Å². The van der Waals surface area contributed by atoms with Crippen LogP contribution in [-0.2, 0) is 6.42 Å². The Kier molecular flexibility index (Phi) is 3.75. The van der Waals surface area contributed by atoms with Crippen LogP contribution in [-0.4, -0.2) is 32.5 Å². The summed E-state index contributed by atoms with van der Waals surface area (Å²) in [5.74, 6) is 2.19. The van der Waals surface area contributed by atoms with Crippen LogP contribution < -0.4 is 4.74 Å². The Bertz CT molecular complexity index is 1130. The molecule has 134 valence electrons. The van der Waals surface area contributed by atoms with E-state index in [0.29, 0.717) is 23.6 Å². The summed E-state index contributed by atoms with van der Waals surface area (Å²) in [5, 5.41) is 6.63. The van der Waals surface area contributed by atoms with E-state index >= 15 is 0 Å². The third-order valence-electron chi connectivity index (χ3n) is 4.97. The average Bonchev–Trinajstić information content (AvgIpc) is 3.37. The van der Waals surface area contributed by atoms with E-state index in [-0.39, 0.29) is 11.7 Å². The smallest absolute Gasteiger partial charge is 0.253 e. The van der Waals surface area contributed by atoms with Crippen molar-refractivity contribution in [2.45, 2.75) is 18.8 Å². The summed E-state index contributed by atoms with van der Waals surface area (Å²) < 4.78 is 6.97. The van der Waals surface area contributed by atoms with Gasteiger partial charge in [-0.05, 0) is 41.5 Å². The Morgan fingerprint density at radius 3 is 2.78 bits per heavy atom. The van der Waals surface area contributed by atoms with Gasteiger partial charge in [-0.25, -0.2) is 4.98 Å². The van der Waals surface area contributed by atoms with E-state index in [1.165, 1.54) is 0 Å². The van der Waals surface area contributed by atoms with Crippen molar-refractivity contribution in [1.29, 1.82) is 0 Å². The van der Waals surface area contributed by atoms with E-state index in [0.717, 1.165) is 28.3 Å². The van der Waals surface area contributed by atoms with Crippen LogP contribution in [0.2, 0.25) is 0 Å². The standard InChI is InChI=1S/C20H16N4O2S/c1-26-14-6-4-12(5-7-14)13-9-16-15(17(25)10-13)11-21-20-22-19(23-24(16)20)18-3-2-8-27-18/h2-8,11,13H,9-10H2,1H3. The average molecular weight is 376 g/mol. The SMILES string of the molecule is COc1ccc(C2CC(=O)c3cnc4nc(-c5cccs5)nn4c3C2)cc1. The van der Waals surface area contributed by atoms with Crippen molar-refractivity contribution < 1.29 is 9.53 Å². The summed E-state index contributed by atoms with van der Waals surface area (Å²) >= 11 is 1.59. The van der Waals surface area contributed by atoms with Gasteiger partial charge >= 0.3 is 0 Å². The molecule has 0 saturated carbocycles. The minimum Gasteiger partial charge on any atom is -0.497 e. The maximum atomic E-state index is 12.7. The van der Waals surface area contributed by atoms with Crippen molar-refractivity contribution in [1.82, 2.24) is 19.6 Å². The molecule has 27 heavy (non-hydrogen) atoms. The highest BCUT2D eigenvalue weighted by molar-refractivity contribution is 7.13. The molecule has 6 nitrogen and oxygen atoms in total. The molecule has 0 fully saturated rings. The molecule has 0 spiro atoms. The first kappa shape index (κ1) is 16.1. The zero-order valence-corrected chi connectivity index (χ0v) is 15.4. The zero-order chi connectivity index (χ0) is 18.4. The van der Waals surface area contributed by atoms with E-state index in [1.54, 1.807) is 29.2 Å². The predicted octanol–water partition coefficient (Wildman–Crippen LogP) is 3.77. The fraction of sp³-hybridized carbons (Fsp3) is 0.200. The van der Waals surface area contributed by atoms with E-state index in [9.17, 15) is 4.79 Å². The molecule has 0 bridgehead atoms. The predicted molar refractivity (Wildman–Crippen MR) is 102 cm³/mol. The summed E-state index contributed by atoms with van der Waals surface area (Å²) in [6, 6.07) is 11.9. The van der Waals surface area contributed by atoms with Gasteiger partial charge in [0, 0.05) is 12.6 Å². The molecule has 5 rings (SSSR count). The number of benzene rings is 1. The Hall–Kier alpha value is -3.06. The number of carbonyl (C=O) groups is 1. The van der Waals surface area contributed by atoms with Crippen LogP contribution in [0.4, 0.5) is 0 Å². The number of nitrogens with zero attached hydrogens (tertiary/aromatic N) is 4. The number of aromatic nitrogens is 4. The molecule has 1 aliphatic carbocycles. The van der Waals surface area contributed by atoms with E-state index in [4.69, 9.17) is 4.74 Å². The first-order valence-corrected chi connectivity index (χ1v) is 9.56. The molecule has 3 aromatic heterocycles. The number of Topliss-reactive ketones (excluding diaryl/α,β-unsaturated/α-hetero) is 1. The van der Waals surface area contributed by atoms with Gasteiger partial charge in [-0.1, -0.05) is 18.2 Å². The molecule has 7 heteroatoms. The number of rotatable bonds is 3. The summed E-state index contributed by atoms with van der Waals surface area (Å²) in [7, 11) is 1.65. The Labute approximate surface area is 159 Å². The number of hydrogen-bond donors (Lipinski definition) is 0. The fourth-order valence-corrected chi connectivity index (χ4v) is 4.22. The molecular weight excluding hydrogens is 360 g/mol. The van der Waals surface area contributed by atoms with Crippen molar-refractivity contribution >= 4 is 22.9 Å². The van der Waals surface area contributed by atoms with Gasteiger partial charge in [0.25, 0.3) is 5.78 Å². The number of methoxy groups -OCH3 is 1. The molecule has 0 amide bonds. The van der Waals surface area contributed by atoms with Crippen LogP contribution >= 0.6 is 11.3 Å². The van der Waals surface area contributed by atoms with Crippen LogP contribution in [0.1, 0.15) is 34.0 Å². The molecule has 3 heterocycles. The molecule has 1 unspecified atom stereocenters. The van der Waals surface area contributed by atoms with Crippen LogP contribution in [0.15, 0.2) is 48.0 Å². The summed E-state index contributed by atoms with van der Waals surface area (Å²) in [6.07, 6.45) is 2.84. The highest BCUT2D eigenvalue weighted by Crippen LogP contribution is 2.33. The molecule has 0 aliphatic heterocycles. The van der Waals surface area contributed by atoms with Crippen molar-refractivity contribution in [3.8, 4) is 16.5 Å². The molecule has 0 saturated heterocycles. The lowest BCUT2D eigenvalue weighted by molar-refractivity contribution is 0.0962. The minimum absolute atomic E-state index is 0.0969. The number of hydrogen-bond acceptors (Lipinski definition) is 6. The van der Waals surface area contributed by atoms with Gasteiger partial charge in [-0.2, -0.15) is 9.50 Å². The Balaban J connectivity index is 1.58. The largest absolute Gasteiger partial charge is 0.497 e. The van der Waals surface area contributed by atoms with Crippen LogP contribution in [0.3, 0.4) is 0 Å². The number of ketones is 1. The van der Waals surface area contributed by atoms with Gasteiger partial charge in [-0.15, -0.1) is 16.4 Å². The molecule has 0 radical (unpaired) electrons. The maximum Gasteiger partial charge on any atom is 0.253 e. The van der Waals surface area contributed by atoms with E-state index in [1.807, 2.05) is 41.8 Å². The number of fused-ring (bicyclic) bond motifs is 3. The Morgan fingerprint density at radius 1 is 1.19 bits per heavy atom. The summed E-state index contributed by atoms with van der Waals surface area (Å²) in [6.45, 7) is 0. The second-order valence-electron chi connectivity index (χ2n) is 6.54. The third-order valence-corrected chi connectivity index (χ3v) is 5.83. The van der Waals surface area contributed by atoms with Gasteiger partial charge in [0.2, 0.25) is 0 Å². The molecule has 1 atom stereocenters. The summed E-state index contributed by atoms with van der Waals surface area (Å²) in [4.78, 5) is 22.6. The first-order chi connectivity index (χ1) is 13.2. The van der Waals surface area contributed by atoms with Gasteiger partial charge < -0.3 is 4.74 Å². The number of carbonyl (C=O) groups excluding carboxylic acids is 1. The van der Waals surface area contributed by atoms with E-state index in [2.05, 4.69) is 15.1 Å². The van der Waals surface area contributed by atoms with Crippen LogP contribution in [0.25, 0.3) is 16.5 Å². The van der Waals surface area contributed by atoms with Crippen molar-refractivity contribution in [3.63, 3.8) is 0 Å². The number of ether oxygens (including phenoxy) is 1. The van der Waals surface area contributed by atoms with Crippen molar-refractivity contribution in [3.05, 3.63) is 64.8 Å².